The van der Waals surface area contributed by atoms with E-state index in [4.69, 9.17) is 15.0 Å². The van der Waals surface area contributed by atoms with Gasteiger partial charge in [-0.05, 0) is 12.8 Å². The molecule has 0 radical (unpaired) electrons. The Hall–Kier alpha value is -0.940. The molecule has 78 valence electrons. The lowest BCUT2D eigenvalue weighted by molar-refractivity contribution is 0.103. The molecule has 2 N–H and O–H groups in total. The highest BCUT2D eigenvalue weighted by Crippen LogP contribution is 2.26. The number of hydrogen-bond donors (Lipinski definition) is 1. The van der Waals surface area contributed by atoms with Crippen molar-refractivity contribution in [3.05, 3.63) is 11.7 Å². The first-order chi connectivity index (χ1) is 6.81. The minimum absolute atomic E-state index is 0.0254. The van der Waals surface area contributed by atoms with Crippen LogP contribution in [0.4, 0.5) is 0 Å². The van der Waals surface area contributed by atoms with Gasteiger partial charge in [-0.3, -0.25) is 0 Å². The predicted octanol–water partition coefficient (Wildman–Crippen LogP) is 0.983. The number of aromatic nitrogens is 2. The van der Waals surface area contributed by atoms with Crippen LogP contribution in [-0.4, -0.2) is 23.3 Å². The van der Waals surface area contributed by atoms with E-state index < -0.39 is 0 Å². The second kappa shape index (κ2) is 4.06. The molecule has 0 aliphatic carbocycles. The van der Waals surface area contributed by atoms with Crippen molar-refractivity contribution in [1.82, 2.24) is 10.1 Å². The van der Waals surface area contributed by atoms with Gasteiger partial charge in [-0.2, -0.15) is 4.98 Å². The Kier molecular flexibility index (Phi) is 2.79. The average Bonchev–Trinajstić information content (AvgIpc) is 2.86. The van der Waals surface area contributed by atoms with E-state index >= 15 is 0 Å². The maximum atomic E-state index is 5.51. The van der Waals surface area contributed by atoms with Crippen LogP contribution >= 0.6 is 0 Å². The van der Waals surface area contributed by atoms with Gasteiger partial charge in [0.1, 0.15) is 6.10 Å². The van der Waals surface area contributed by atoms with E-state index in [0.717, 1.165) is 19.4 Å². The average molecular weight is 197 g/mol. The molecule has 0 bridgehead atoms. The zero-order valence-corrected chi connectivity index (χ0v) is 8.27. The summed E-state index contributed by atoms with van der Waals surface area (Å²) < 4.78 is 10.6. The quantitative estimate of drug-likeness (QED) is 0.781. The highest BCUT2D eigenvalue weighted by Gasteiger charge is 2.24. The van der Waals surface area contributed by atoms with Crippen LogP contribution < -0.4 is 5.73 Å². The van der Waals surface area contributed by atoms with Gasteiger partial charge in [0.25, 0.3) is 0 Å². The Labute approximate surface area is 82.6 Å². The van der Waals surface area contributed by atoms with Crippen LogP contribution in [0.2, 0.25) is 0 Å². The highest BCUT2D eigenvalue weighted by atomic mass is 16.5. The van der Waals surface area contributed by atoms with Gasteiger partial charge in [0.05, 0.1) is 0 Å². The van der Waals surface area contributed by atoms with Crippen LogP contribution in [0.25, 0.3) is 0 Å². The largest absolute Gasteiger partial charge is 0.370 e. The molecule has 2 unspecified atom stereocenters. The van der Waals surface area contributed by atoms with E-state index in [-0.39, 0.29) is 12.0 Å². The zero-order chi connectivity index (χ0) is 9.97. The Morgan fingerprint density at radius 1 is 1.64 bits per heavy atom. The van der Waals surface area contributed by atoms with Crippen molar-refractivity contribution in [3.8, 4) is 0 Å². The Morgan fingerprint density at radius 2 is 2.50 bits per heavy atom. The van der Waals surface area contributed by atoms with Gasteiger partial charge in [-0.25, -0.2) is 0 Å². The van der Waals surface area contributed by atoms with Crippen molar-refractivity contribution < 1.29 is 9.26 Å². The highest BCUT2D eigenvalue weighted by molar-refractivity contribution is 4.96. The SMILES string of the molecule is CC(CN)c1nc(C2CCCO2)no1. The molecule has 5 heteroatoms. The molecular weight excluding hydrogens is 182 g/mol. The Bertz CT molecular complexity index is 294. The number of ether oxygens (including phenoxy) is 1. The van der Waals surface area contributed by atoms with Gasteiger partial charge >= 0.3 is 0 Å². The third kappa shape index (κ3) is 1.78. The van der Waals surface area contributed by atoms with E-state index in [9.17, 15) is 0 Å². The molecule has 1 saturated heterocycles. The van der Waals surface area contributed by atoms with E-state index in [2.05, 4.69) is 10.1 Å². The van der Waals surface area contributed by atoms with Crippen LogP contribution in [0, 0.1) is 0 Å². The Morgan fingerprint density at radius 3 is 3.14 bits per heavy atom. The summed E-state index contributed by atoms with van der Waals surface area (Å²) in [7, 11) is 0. The third-order valence-corrected chi connectivity index (χ3v) is 2.45. The summed E-state index contributed by atoms with van der Waals surface area (Å²) in [4.78, 5) is 4.28. The predicted molar refractivity (Wildman–Crippen MR) is 49.7 cm³/mol. The minimum Gasteiger partial charge on any atom is -0.370 e. The maximum Gasteiger partial charge on any atom is 0.230 e. The molecule has 14 heavy (non-hydrogen) atoms. The summed E-state index contributed by atoms with van der Waals surface area (Å²) in [5, 5.41) is 3.90. The summed E-state index contributed by atoms with van der Waals surface area (Å²) in [5.41, 5.74) is 5.51. The molecule has 2 rings (SSSR count). The van der Waals surface area contributed by atoms with Gasteiger partial charge in [0, 0.05) is 19.1 Å². The summed E-state index contributed by atoms with van der Waals surface area (Å²) in [6.07, 6.45) is 2.08. The van der Waals surface area contributed by atoms with Crippen molar-refractivity contribution in [2.24, 2.45) is 5.73 Å². The second-order valence-electron chi connectivity index (χ2n) is 3.63. The maximum absolute atomic E-state index is 5.51. The van der Waals surface area contributed by atoms with Crippen LogP contribution in [0.1, 0.15) is 43.5 Å². The molecule has 0 saturated carbocycles. The van der Waals surface area contributed by atoms with E-state index in [0.29, 0.717) is 18.3 Å². The molecule has 0 amide bonds. The van der Waals surface area contributed by atoms with Crippen molar-refractivity contribution in [2.75, 3.05) is 13.2 Å². The fourth-order valence-electron chi connectivity index (χ4n) is 1.46. The third-order valence-electron chi connectivity index (χ3n) is 2.45. The molecule has 2 heterocycles. The number of rotatable bonds is 3. The molecule has 5 nitrogen and oxygen atoms in total. The molecule has 0 spiro atoms. The molecule has 1 aromatic heterocycles. The van der Waals surface area contributed by atoms with Crippen molar-refractivity contribution >= 4 is 0 Å². The summed E-state index contributed by atoms with van der Waals surface area (Å²) in [6.45, 7) is 3.28. The van der Waals surface area contributed by atoms with E-state index in [1.807, 2.05) is 6.92 Å². The number of hydrogen-bond acceptors (Lipinski definition) is 5. The monoisotopic (exact) mass is 197 g/mol. The molecule has 0 aromatic carbocycles. The van der Waals surface area contributed by atoms with Crippen LogP contribution in [0.15, 0.2) is 4.52 Å². The van der Waals surface area contributed by atoms with Gasteiger partial charge in [0.15, 0.2) is 0 Å². The molecular formula is C9H15N3O2. The second-order valence-corrected chi connectivity index (χ2v) is 3.63. The number of nitrogens with two attached hydrogens (primary N) is 1. The van der Waals surface area contributed by atoms with Crippen molar-refractivity contribution in [3.63, 3.8) is 0 Å². The summed E-state index contributed by atoms with van der Waals surface area (Å²) in [5.74, 6) is 1.40. The van der Waals surface area contributed by atoms with E-state index in [1.165, 1.54) is 0 Å². The molecule has 2 atom stereocenters. The van der Waals surface area contributed by atoms with Crippen molar-refractivity contribution in [1.29, 1.82) is 0 Å². The van der Waals surface area contributed by atoms with Crippen LogP contribution in [0.3, 0.4) is 0 Å². The lowest BCUT2D eigenvalue weighted by Gasteiger charge is -2.01. The Balaban J connectivity index is 2.08. The molecule has 1 aromatic rings. The van der Waals surface area contributed by atoms with Crippen LogP contribution in [-0.2, 0) is 4.74 Å². The van der Waals surface area contributed by atoms with Crippen molar-refractivity contribution in [2.45, 2.75) is 31.8 Å². The zero-order valence-electron chi connectivity index (χ0n) is 8.27. The fourth-order valence-corrected chi connectivity index (χ4v) is 1.46. The van der Waals surface area contributed by atoms with Gasteiger partial charge in [0.2, 0.25) is 11.7 Å². The standard InChI is InChI=1S/C9H15N3O2/c1-6(5-10)9-11-8(12-14-9)7-3-2-4-13-7/h6-7H,2-5,10H2,1H3. The fraction of sp³-hybridized carbons (Fsp3) is 0.778. The van der Waals surface area contributed by atoms with Gasteiger partial charge in [-0.1, -0.05) is 12.1 Å². The molecule has 1 aliphatic heterocycles. The van der Waals surface area contributed by atoms with Crippen LogP contribution in [0.5, 0.6) is 0 Å². The molecule has 1 fully saturated rings. The summed E-state index contributed by atoms with van der Waals surface area (Å²) in [6, 6.07) is 0. The van der Waals surface area contributed by atoms with Gasteiger partial charge < -0.3 is 15.0 Å². The lowest BCUT2D eigenvalue weighted by Crippen LogP contribution is -2.09. The smallest absolute Gasteiger partial charge is 0.230 e. The normalized spacial score (nSPS) is 24.0. The topological polar surface area (TPSA) is 74.2 Å². The number of nitrogens with zero attached hydrogens (tertiary/aromatic N) is 2. The minimum atomic E-state index is 0.0254. The van der Waals surface area contributed by atoms with Gasteiger partial charge in [-0.15, -0.1) is 0 Å². The lowest BCUT2D eigenvalue weighted by atomic mass is 10.2. The first-order valence-corrected chi connectivity index (χ1v) is 4.96. The first-order valence-electron chi connectivity index (χ1n) is 4.96. The first kappa shape index (κ1) is 9.61. The van der Waals surface area contributed by atoms with E-state index in [1.54, 1.807) is 0 Å². The molecule has 1 aliphatic rings. The summed E-state index contributed by atoms with van der Waals surface area (Å²) >= 11 is 0.